The molecule has 3 atom stereocenters. The van der Waals surface area contributed by atoms with Crippen molar-refractivity contribution in [2.24, 2.45) is 5.92 Å². The summed E-state index contributed by atoms with van der Waals surface area (Å²) >= 11 is 0. The monoisotopic (exact) mass is 527 g/mol. The predicted octanol–water partition coefficient (Wildman–Crippen LogP) is 3.69. The van der Waals surface area contributed by atoms with Gasteiger partial charge in [0.1, 0.15) is 5.60 Å². The molecule has 8 nitrogen and oxygen atoms in total. The Hall–Kier alpha value is -3.33. The van der Waals surface area contributed by atoms with E-state index in [1.165, 1.54) is 11.5 Å². The van der Waals surface area contributed by atoms with Gasteiger partial charge in [-0.15, -0.1) is 0 Å². The zero-order chi connectivity index (χ0) is 27.3. The number of carbonyl (C=O) groups excluding carboxylic acids is 3. The number of pyridine rings is 1. The average molecular weight is 528 g/mol. The van der Waals surface area contributed by atoms with Crippen LogP contribution < -0.4 is 10.6 Å². The highest BCUT2D eigenvalue weighted by atomic mass is 32.2. The molecule has 2 amide bonds. The summed E-state index contributed by atoms with van der Waals surface area (Å²) in [7, 11) is -1.45. The molecule has 2 rings (SSSR count). The van der Waals surface area contributed by atoms with Gasteiger partial charge in [0.2, 0.25) is 11.8 Å². The number of amides is 2. The first kappa shape index (κ1) is 29.9. The first-order valence-corrected chi connectivity index (χ1v) is 13.6. The molecule has 2 aromatic rings. The summed E-state index contributed by atoms with van der Waals surface area (Å²) in [5, 5.41) is 6.86. The van der Waals surface area contributed by atoms with Crippen LogP contribution in [0, 0.1) is 5.92 Å². The van der Waals surface area contributed by atoms with Gasteiger partial charge in [-0.3, -0.25) is 19.4 Å². The van der Waals surface area contributed by atoms with Gasteiger partial charge in [0, 0.05) is 34.5 Å². The van der Waals surface area contributed by atoms with Crippen LogP contribution in [0.5, 0.6) is 0 Å². The summed E-state index contributed by atoms with van der Waals surface area (Å²) in [5.41, 5.74) is 0.132. The molecule has 0 aliphatic carbocycles. The number of nitrogens with one attached hydrogen (secondary N) is 2. The Morgan fingerprint density at radius 2 is 1.78 bits per heavy atom. The second-order valence-electron chi connectivity index (χ2n) is 9.63. The Bertz CT molecular complexity index is 1070. The Balaban J connectivity index is 2.01. The fraction of sp³-hybridized carbons (Fsp3) is 0.429. The third-order valence-corrected chi connectivity index (χ3v) is 6.32. The van der Waals surface area contributed by atoms with Crippen molar-refractivity contribution in [1.82, 2.24) is 15.6 Å². The Morgan fingerprint density at radius 3 is 2.41 bits per heavy atom. The SMILES string of the molecule is CCCC(Cc1ccccn1)C(=O)NCC(=O)NC(/C=C/S(=O)c1ccccc1)CC(=O)OC(C)(C)C. The van der Waals surface area contributed by atoms with Gasteiger partial charge in [-0.1, -0.05) is 43.7 Å². The summed E-state index contributed by atoms with van der Waals surface area (Å²) in [6.45, 7) is 7.02. The molecule has 0 radical (unpaired) electrons. The van der Waals surface area contributed by atoms with Gasteiger partial charge in [-0.2, -0.15) is 0 Å². The minimum Gasteiger partial charge on any atom is -0.460 e. The van der Waals surface area contributed by atoms with Crippen molar-refractivity contribution in [3.8, 4) is 0 Å². The van der Waals surface area contributed by atoms with Crippen molar-refractivity contribution < 1.29 is 23.3 Å². The smallest absolute Gasteiger partial charge is 0.308 e. The summed E-state index contributed by atoms with van der Waals surface area (Å²) in [4.78, 5) is 42.8. The maximum Gasteiger partial charge on any atom is 0.308 e. The largest absolute Gasteiger partial charge is 0.460 e. The number of hydrogen-bond acceptors (Lipinski definition) is 6. The molecule has 0 bridgehead atoms. The maximum atomic E-state index is 12.8. The zero-order valence-electron chi connectivity index (χ0n) is 21.9. The van der Waals surface area contributed by atoms with Crippen LogP contribution >= 0.6 is 0 Å². The first-order valence-electron chi connectivity index (χ1n) is 12.4. The number of carbonyl (C=O) groups is 3. The van der Waals surface area contributed by atoms with E-state index in [2.05, 4.69) is 15.6 Å². The lowest BCUT2D eigenvalue weighted by atomic mass is 9.96. The van der Waals surface area contributed by atoms with Crippen LogP contribution in [0.25, 0.3) is 0 Å². The summed E-state index contributed by atoms with van der Waals surface area (Å²) in [5.74, 6) is -1.51. The van der Waals surface area contributed by atoms with E-state index in [-0.39, 0.29) is 24.8 Å². The van der Waals surface area contributed by atoms with E-state index < -0.39 is 34.3 Å². The number of hydrogen-bond donors (Lipinski definition) is 2. The van der Waals surface area contributed by atoms with Gasteiger partial charge in [0.25, 0.3) is 0 Å². The van der Waals surface area contributed by atoms with E-state index >= 15 is 0 Å². The minimum absolute atomic E-state index is 0.141. The molecule has 37 heavy (non-hydrogen) atoms. The highest BCUT2D eigenvalue weighted by Gasteiger charge is 2.22. The van der Waals surface area contributed by atoms with Crippen molar-refractivity contribution in [1.29, 1.82) is 0 Å². The maximum absolute atomic E-state index is 12.8. The molecular formula is C28H37N3O5S. The quantitative estimate of drug-likeness (QED) is 0.384. The van der Waals surface area contributed by atoms with Crippen molar-refractivity contribution in [2.45, 2.75) is 69.9 Å². The Kier molecular flexibility index (Phi) is 12.2. The lowest BCUT2D eigenvalue weighted by Crippen LogP contribution is -2.44. The molecule has 0 aliphatic heterocycles. The van der Waals surface area contributed by atoms with Crippen molar-refractivity contribution >= 4 is 28.6 Å². The van der Waals surface area contributed by atoms with Gasteiger partial charge < -0.3 is 15.4 Å². The van der Waals surface area contributed by atoms with Gasteiger partial charge >= 0.3 is 5.97 Å². The van der Waals surface area contributed by atoms with E-state index in [0.717, 1.165) is 12.1 Å². The highest BCUT2D eigenvalue weighted by Crippen LogP contribution is 2.14. The molecule has 0 saturated heterocycles. The highest BCUT2D eigenvalue weighted by molar-refractivity contribution is 7.88. The van der Waals surface area contributed by atoms with Gasteiger partial charge in [-0.25, -0.2) is 4.21 Å². The second kappa shape index (κ2) is 15.0. The van der Waals surface area contributed by atoms with Crippen LogP contribution in [0.4, 0.5) is 0 Å². The molecular weight excluding hydrogens is 490 g/mol. The molecule has 2 N–H and O–H groups in total. The van der Waals surface area contributed by atoms with Gasteiger partial charge in [0.15, 0.2) is 0 Å². The minimum atomic E-state index is -1.45. The molecule has 0 aliphatic rings. The third kappa shape index (κ3) is 12.0. The normalized spacial score (nSPS) is 13.9. The second-order valence-corrected chi connectivity index (χ2v) is 11.0. The molecule has 0 fully saturated rings. The number of aromatic nitrogens is 1. The molecule has 0 saturated carbocycles. The number of nitrogens with zero attached hydrogens (tertiary/aromatic N) is 1. The number of benzene rings is 1. The summed E-state index contributed by atoms with van der Waals surface area (Å²) in [6.07, 6.45) is 5.04. The topological polar surface area (TPSA) is 114 Å². The standard InChI is InChI=1S/C28H37N3O5S/c1-5-11-21(18-22-12-9-10-16-29-22)27(34)30-20-25(32)31-23(19-26(33)36-28(2,3)4)15-17-37(35)24-13-7-6-8-14-24/h6-10,12-17,21,23H,5,11,18-20H2,1-4H3,(H,30,34)(H,31,32)/b17-15+. The number of rotatable bonds is 13. The summed E-state index contributed by atoms with van der Waals surface area (Å²) < 4.78 is 18.0. The van der Waals surface area contributed by atoms with Crippen LogP contribution in [-0.2, 0) is 36.3 Å². The number of ether oxygens (including phenoxy) is 1. The van der Waals surface area contributed by atoms with E-state index in [4.69, 9.17) is 4.74 Å². The lowest BCUT2D eigenvalue weighted by Gasteiger charge is -2.22. The molecule has 1 heterocycles. The third-order valence-electron chi connectivity index (χ3n) is 5.18. The predicted molar refractivity (Wildman–Crippen MR) is 144 cm³/mol. The molecule has 0 spiro atoms. The molecule has 1 aromatic heterocycles. The van der Waals surface area contributed by atoms with Crippen molar-refractivity contribution in [3.05, 3.63) is 71.9 Å². The fourth-order valence-corrected chi connectivity index (χ4v) is 4.46. The summed E-state index contributed by atoms with van der Waals surface area (Å²) in [6, 6.07) is 13.7. The van der Waals surface area contributed by atoms with Gasteiger partial charge in [0.05, 0.1) is 29.8 Å². The molecule has 200 valence electrons. The van der Waals surface area contributed by atoms with E-state index in [0.29, 0.717) is 17.7 Å². The van der Waals surface area contributed by atoms with Crippen LogP contribution in [0.3, 0.4) is 0 Å². The molecule has 9 heteroatoms. The van der Waals surface area contributed by atoms with Crippen molar-refractivity contribution in [2.75, 3.05) is 6.54 Å². The van der Waals surface area contributed by atoms with E-state index in [1.807, 2.05) is 31.2 Å². The van der Waals surface area contributed by atoms with E-state index in [9.17, 15) is 18.6 Å². The number of esters is 1. The van der Waals surface area contributed by atoms with Crippen molar-refractivity contribution in [3.63, 3.8) is 0 Å². The first-order chi connectivity index (χ1) is 17.6. The Labute approximate surface area is 221 Å². The fourth-order valence-electron chi connectivity index (χ4n) is 3.54. The van der Waals surface area contributed by atoms with Gasteiger partial charge in [-0.05, 0) is 51.5 Å². The zero-order valence-corrected chi connectivity index (χ0v) is 22.8. The van der Waals surface area contributed by atoms with Crippen LogP contribution in [0.15, 0.2) is 71.1 Å². The molecule has 1 aromatic carbocycles. The Morgan fingerprint density at radius 1 is 1.08 bits per heavy atom. The average Bonchev–Trinajstić information content (AvgIpc) is 2.85. The van der Waals surface area contributed by atoms with Crippen LogP contribution in [0.2, 0.25) is 0 Å². The van der Waals surface area contributed by atoms with Crippen LogP contribution in [-0.4, -0.2) is 45.2 Å². The van der Waals surface area contributed by atoms with Crippen LogP contribution in [0.1, 0.15) is 52.7 Å². The lowest BCUT2D eigenvalue weighted by molar-refractivity contribution is -0.155. The molecule has 3 unspecified atom stereocenters. The van der Waals surface area contributed by atoms with E-state index in [1.54, 1.807) is 51.2 Å².